The van der Waals surface area contributed by atoms with Crippen molar-refractivity contribution in [2.75, 3.05) is 5.73 Å². The summed E-state index contributed by atoms with van der Waals surface area (Å²) in [6.07, 6.45) is 0. The van der Waals surface area contributed by atoms with E-state index in [1.165, 1.54) is 30.3 Å². The van der Waals surface area contributed by atoms with Gasteiger partial charge in [0.25, 0.3) is 5.91 Å². The number of nitrogens with one attached hydrogen (secondary N) is 1. The second-order valence-corrected chi connectivity index (χ2v) is 4.97. The minimum atomic E-state index is -0.649. The minimum absolute atomic E-state index is 0.0533. The average Bonchev–Trinajstić information content (AvgIpc) is 2.42. The molecule has 2 aromatic carbocycles. The van der Waals surface area contributed by atoms with Crippen LogP contribution in [0.2, 0.25) is 0 Å². The number of hydrogen-bond donors (Lipinski definition) is 2. The van der Waals surface area contributed by atoms with Crippen LogP contribution in [0.3, 0.4) is 0 Å². The van der Waals surface area contributed by atoms with Crippen molar-refractivity contribution in [3.05, 3.63) is 63.6 Å². The second kappa shape index (κ2) is 6.00. The van der Waals surface area contributed by atoms with Gasteiger partial charge in [0.15, 0.2) is 0 Å². The SMILES string of the molecule is Nc1c(F)cccc1C(=O)NCc1cc(F)ccc1Br. The van der Waals surface area contributed by atoms with Crippen LogP contribution in [0.4, 0.5) is 14.5 Å². The van der Waals surface area contributed by atoms with Gasteiger partial charge in [-0.1, -0.05) is 22.0 Å². The molecule has 0 heterocycles. The van der Waals surface area contributed by atoms with E-state index in [2.05, 4.69) is 21.2 Å². The molecule has 0 radical (unpaired) electrons. The van der Waals surface area contributed by atoms with Crippen LogP contribution in [0.5, 0.6) is 0 Å². The highest BCUT2D eigenvalue weighted by Crippen LogP contribution is 2.19. The summed E-state index contributed by atoms with van der Waals surface area (Å²) in [5, 5.41) is 2.57. The van der Waals surface area contributed by atoms with Gasteiger partial charge in [0.2, 0.25) is 0 Å². The summed E-state index contributed by atoms with van der Waals surface area (Å²) in [5.41, 5.74) is 5.93. The van der Waals surface area contributed by atoms with Crippen molar-refractivity contribution in [2.45, 2.75) is 6.54 Å². The van der Waals surface area contributed by atoms with E-state index in [-0.39, 0.29) is 17.8 Å². The van der Waals surface area contributed by atoms with Gasteiger partial charge >= 0.3 is 0 Å². The highest BCUT2D eigenvalue weighted by molar-refractivity contribution is 9.10. The van der Waals surface area contributed by atoms with E-state index in [1.54, 1.807) is 6.07 Å². The van der Waals surface area contributed by atoms with E-state index < -0.39 is 17.5 Å². The summed E-state index contributed by atoms with van der Waals surface area (Å²) in [5.74, 6) is -1.56. The molecule has 2 aromatic rings. The first-order chi connectivity index (χ1) is 9.49. The fraction of sp³-hybridized carbons (Fsp3) is 0.0714. The molecule has 0 aromatic heterocycles. The van der Waals surface area contributed by atoms with E-state index in [4.69, 9.17) is 5.73 Å². The molecular weight excluding hydrogens is 330 g/mol. The highest BCUT2D eigenvalue weighted by atomic mass is 79.9. The number of hydrogen-bond acceptors (Lipinski definition) is 2. The zero-order chi connectivity index (χ0) is 14.7. The molecule has 6 heteroatoms. The smallest absolute Gasteiger partial charge is 0.253 e. The van der Waals surface area contributed by atoms with Gasteiger partial charge in [0.1, 0.15) is 11.6 Å². The molecule has 0 unspecified atom stereocenters. The Hall–Kier alpha value is -1.95. The van der Waals surface area contributed by atoms with Gasteiger partial charge in [-0.2, -0.15) is 0 Å². The van der Waals surface area contributed by atoms with Crippen molar-refractivity contribution in [1.29, 1.82) is 0 Å². The normalized spacial score (nSPS) is 10.3. The van der Waals surface area contributed by atoms with Gasteiger partial charge in [-0.05, 0) is 35.9 Å². The summed E-state index contributed by atoms with van der Waals surface area (Å²) in [6, 6.07) is 8.16. The van der Waals surface area contributed by atoms with E-state index >= 15 is 0 Å². The van der Waals surface area contributed by atoms with Crippen LogP contribution in [-0.4, -0.2) is 5.91 Å². The largest absolute Gasteiger partial charge is 0.396 e. The van der Waals surface area contributed by atoms with Crippen LogP contribution in [0.15, 0.2) is 40.9 Å². The molecule has 0 aliphatic heterocycles. The number of nitrogen functional groups attached to an aromatic ring is 1. The Morgan fingerprint density at radius 1 is 1.25 bits per heavy atom. The van der Waals surface area contributed by atoms with Crippen LogP contribution in [0.25, 0.3) is 0 Å². The summed E-state index contributed by atoms with van der Waals surface area (Å²) >= 11 is 3.26. The number of rotatable bonds is 3. The first-order valence-electron chi connectivity index (χ1n) is 5.75. The lowest BCUT2D eigenvalue weighted by atomic mass is 10.1. The van der Waals surface area contributed by atoms with Crippen LogP contribution < -0.4 is 11.1 Å². The van der Waals surface area contributed by atoms with Crippen molar-refractivity contribution >= 4 is 27.5 Å². The Labute approximate surface area is 122 Å². The first-order valence-corrected chi connectivity index (χ1v) is 6.54. The third-order valence-electron chi connectivity index (χ3n) is 2.74. The standard InChI is InChI=1S/C14H11BrF2N2O/c15-11-5-4-9(16)6-8(11)7-19-14(20)10-2-1-3-12(17)13(10)18/h1-6H,7,18H2,(H,19,20). The van der Waals surface area contributed by atoms with Gasteiger partial charge in [-0.25, -0.2) is 8.78 Å². The molecule has 1 amide bonds. The lowest BCUT2D eigenvalue weighted by molar-refractivity contribution is 0.0951. The number of nitrogens with two attached hydrogens (primary N) is 1. The maximum atomic E-state index is 13.3. The maximum Gasteiger partial charge on any atom is 0.253 e. The number of carbonyl (C=O) groups excluding carboxylic acids is 1. The monoisotopic (exact) mass is 340 g/mol. The highest BCUT2D eigenvalue weighted by Gasteiger charge is 2.12. The molecule has 0 bridgehead atoms. The van der Waals surface area contributed by atoms with E-state index in [0.717, 1.165) is 0 Å². The fourth-order valence-corrected chi connectivity index (χ4v) is 2.07. The second-order valence-electron chi connectivity index (χ2n) is 4.12. The summed E-state index contributed by atoms with van der Waals surface area (Å²) < 4.78 is 27.0. The molecule has 0 spiro atoms. The van der Waals surface area contributed by atoms with Gasteiger partial charge in [-0.15, -0.1) is 0 Å². The lowest BCUT2D eigenvalue weighted by Gasteiger charge is -2.09. The zero-order valence-corrected chi connectivity index (χ0v) is 11.9. The molecule has 3 nitrogen and oxygen atoms in total. The Bertz CT molecular complexity index is 662. The van der Waals surface area contributed by atoms with Crippen molar-refractivity contribution in [3.8, 4) is 0 Å². The van der Waals surface area contributed by atoms with E-state index in [9.17, 15) is 13.6 Å². The van der Waals surface area contributed by atoms with Gasteiger partial charge in [0.05, 0.1) is 11.3 Å². The van der Waals surface area contributed by atoms with Gasteiger partial charge < -0.3 is 11.1 Å². The summed E-state index contributed by atoms with van der Waals surface area (Å²) in [7, 11) is 0. The van der Waals surface area contributed by atoms with Crippen molar-refractivity contribution < 1.29 is 13.6 Å². The Morgan fingerprint density at radius 2 is 2.00 bits per heavy atom. The predicted molar refractivity (Wildman–Crippen MR) is 76.1 cm³/mol. The van der Waals surface area contributed by atoms with Gasteiger partial charge in [0, 0.05) is 11.0 Å². The minimum Gasteiger partial charge on any atom is -0.396 e. The number of amides is 1. The van der Waals surface area contributed by atoms with E-state index in [0.29, 0.717) is 10.0 Å². The van der Waals surface area contributed by atoms with Crippen LogP contribution in [-0.2, 0) is 6.54 Å². The van der Waals surface area contributed by atoms with E-state index in [1.807, 2.05) is 0 Å². The number of anilines is 1. The number of carbonyl (C=O) groups is 1. The third kappa shape index (κ3) is 3.14. The third-order valence-corrected chi connectivity index (χ3v) is 3.52. The molecule has 0 saturated heterocycles. The lowest BCUT2D eigenvalue weighted by Crippen LogP contribution is -2.24. The van der Waals surface area contributed by atoms with Crippen molar-refractivity contribution in [2.24, 2.45) is 0 Å². The molecule has 0 saturated carbocycles. The molecule has 2 rings (SSSR count). The quantitative estimate of drug-likeness (QED) is 0.842. The zero-order valence-electron chi connectivity index (χ0n) is 10.3. The average molecular weight is 341 g/mol. The molecular formula is C14H11BrF2N2O. The predicted octanol–water partition coefficient (Wildman–Crippen LogP) is 3.24. The number of halogens is 3. The molecule has 0 fully saturated rings. The van der Waals surface area contributed by atoms with Crippen molar-refractivity contribution in [3.63, 3.8) is 0 Å². The maximum absolute atomic E-state index is 13.3. The Balaban J connectivity index is 2.13. The van der Waals surface area contributed by atoms with Crippen LogP contribution in [0.1, 0.15) is 15.9 Å². The summed E-state index contributed by atoms with van der Waals surface area (Å²) in [4.78, 5) is 11.9. The summed E-state index contributed by atoms with van der Waals surface area (Å²) in [6.45, 7) is 0.104. The Morgan fingerprint density at radius 3 is 2.75 bits per heavy atom. The molecule has 0 atom stereocenters. The van der Waals surface area contributed by atoms with Crippen LogP contribution in [0, 0.1) is 11.6 Å². The molecule has 3 N–H and O–H groups in total. The van der Waals surface area contributed by atoms with Gasteiger partial charge in [-0.3, -0.25) is 4.79 Å². The topological polar surface area (TPSA) is 55.1 Å². The fourth-order valence-electron chi connectivity index (χ4n) is 1.68. The Kier molecular flexibility index (Phi) is 4.34. The molecule has 0 aliphatic carbocycles. The first kappa shape index (κ1) is 14.5. The molecule has 0 aliphatic rings. The van der Waals surface area contributed by atoms with Crippen molar-refractivity contribution in [1.82, 2.24) is 5.32 Å². The number of para-hydroxylation sites is 1. The van der Waals surface area contributed by atoms with Crippen LogP contribution >= 0.6 is 15.9 Å². The molecule has 20 heavy (non-hydrogen) atoms. The molecule has 104 valence electrons. The number of benzene rings is 2.